The number of aromatic nitrogens is 1. The number of hydrogen-bond acceptors (Lipinski definition) is 3. The Morgan fingerprint density at radius 3 is 2.50 bits per heavy atom. The van der Waals surface area contributed by atoms with Crippen LogP contribution < -0.4 is 9.80 Å². The van der Waals surface area contributed by atoms with Crippen LogP contribution in [0.15, 0.2) is 66.9 Å². The largest absolute Gasteiger partial charge is 0.352 e. The second kappa shape index (κ2) is 7.12. The summed E-state index contributed by atoms with van der Waals surface area (Å²) < 4.78 is 0. The molecule has 0 bridgehead atoms. The van der Waals surface area contributed by atoms with Gasteiger partial charge >= 0.3 is 0 Å². The van der Waals surface area contributed by atoms with Gasteiger partial charge in [-0.15, -0.1) is 0 Å². The Balaban J connectivity index is 1.49. The van der Waals surface area contributed by atoms with Gasteiger partial charge in [-0.1, -0.05) is 42.5 Å². The van der Waals surface area contributed by atoms with Gasteiger partial charge in [-0.05, 0) is 54.2 Å². The third-order valence-electron chi connectivity index (χ3n) is 5.80. The first-order chi connectivity index (χ1) is 13.8. The number of rotatable bonds is 2. The van der Waals surface area contributed by atoms with Gasteiger partial charge in [-0.25, -0.2) is 4.98 Å². The molecule has 0 unspecified atom stereocenters. The zero-order valence-electron chi connectivity index (χ0n) is 15.8. The maximum Gasteiger partial charge on any atom is 0.262 e. The van der Waals surface area contributed by atoms with Crippen molar-refractivity contribution in [1.29, 1.82) is 0 Å². The van der Waals surface area contributed by atoms with E-state index in [1.165, 1.54) is 16.7 Å². The molecule has 1 aromatic heterocycles. The van der Waals surface area contributed by atoms with Gasteiger partial charge in [0.05, 0.1) is 5.56 Å². The van der Waals surface area contributed by atoms with Crippen LogP contribution in [-0.2, 0) is 19.4 Å². The highest BCUT2D eigenvalue weighted by Crippen LogP contribution is 2.31. The zero-order valence-corrected chi connectivity index (χ0v) is 15.8. The summed E-state index contributed by atoms with van der Waals surface area (Å²) in [6.07, 6.45) is 4.84. The first kappa shape index (κ1) is 17.0. The first-order valence-corrected chi connectivity index (χ1v) is 9.98. The second-order valence-corrected chi connectivity index (χ2v) is 7.50. The fraction of sp³-hybridized carbons (Fsp3) is 0.250. The molecule has 4 nitrogen and oxygen atoms in total. The molecule has 0 saturated heterocycles. The maximum atomic E-state index is 13.5. The van der Waals surface area contributed by atoms with Crippen molar-refractivity contribution in [3.05, 3.63) is 89.1 Å². The Labute approximate surface area is 165 Å². The number of anilines is 2. The Morgan fingerprint density at radius 1 is 0.821 bits per heavy atom. The Kier molecular flexibility index (Phi) is 4.32. The lowest BCUT2D eigenvalue weighted by molar-refractivity contribution is 0.0989. The van der Waals surface area contributed by atoms with Gasteiger partial charge in [0.25, 0.3) is 5.91 Å². The third kappa shape index (κ3) is 2.95. The molecule has 2 aliphatic rings. The summed E-state index contributed by atoms with van der Waals surface area (Å²) in [5, 5.41) is 0. The lowest BCUT2D eigenvalue weighted by Crippen LogP contribution is -2.32. The maximum absolute atomic E-state index is 13.5. The van der Waals surface area contributed by atoms with E-state index in [2.05, 4.69) is 40.2 Å². The molecule has 28 heavy (non-hydrogen) atoms. The average molecular weight is 369 g/mol. The lowest BCUT2D eigenvalue weighted by atomic mass is 10.0. The predicted molar refractivity (Wildman–Crippen MR) is 112 cm³/mol. The van der Waals surface area contributed by atoms with Crippen LogP contribution in [0.3, 0.4) is 0 Å². The van der Waals surface area contributed by atoms with Crippen molar-refractivity contribution in [2.24, 2.45) is 0 Å². The summed E-state index contributed by atoms with van der Waals surface area (Å²) >= 11 is 0. The minimum atomic E-state index is 0.0468. The quantitative estimate of drug-likeness (QED) is 0.678. The number of hydrogen-bond donors (Lipinski definition) is 0. The van der Waals surface area contributed by atoms with Crippen LogP contribution in [0.4, 0.5) is 11.5 Å². The van der Waals surface area contributed by atoms with E-state index in [0.717, 1.165) is 50.4 Å². The van der Waals surface area contributed by atoms with Crippen molar-refractivity contribution in [1.82, 2.24) is 4.98 Å². The van der Waals surface area contributed by atoms with E-state index >= 15 is 0 Å². The number of pyridine rings is 1. The molecule has 3 heterocycles. The summed E-state index contributed by atoms with van der Waals surface area (Å²) in [5.41, 5.74) is 5.70. The van der Waals surface area contributed by atoms with Crippen LogP contribution in [0.25, 0.3) is 0 Å². The van der Waals surface area contributed by atoms with Crippen molar-refractivity contribution in [2.45, 2.75) is 25.8 Å². The third-order valence-corrected chi connectivity index (χ3v) is 5.80. The smallest absolute Gasteiger partial charge is 0.262 e. The molecule has 4 heteroatoms. The zero-order chi connectivity index (χ0) is 18.9. The Morgan fingerprint density at radius 2 is 1.61 bits per heavy atom. The van der Waals surface area contributed by atoms with E-state index in [1.807, 2.05) is 35.2 Å². The number of benzene rings is 2. The summed E-state index contributed by atoms with van der Waals surface area (Å²) in [4.78, 5) is 22.3. The van der Waals surface area contributed by atoms with Gasteiger partial charge in [0.2, 0.25) is 0 Å². The highest BCUT2D eigenvalue weighted by atomic mass is 16.2. The van der Waals surface area contributed by atoms with Crippen LogP contribution in [0, 0.1) is 0 Å². The fourth-order valence-electron chi connectivity index (χ4n) is 4.39. The minimum Gasteiger partial charge on any atom is -0.352 e. The number of carbonyl (C=O) groups excluding carboxylic acids is 1. The summed E-state index contributed by atoms with van der Waals surface area (Å²) in [7, 11) is 0. The molecule has 0 saturated carbocycles. The summed E-state index contributed by atoms with van der Waals surface area (Å²) in [6, 6.07) is 20.6. The van der Waals surface area contributed by atoms with E-state index < -0.39 is 0 Å². The fourth-order valence-corrected chi connectivity index (χ4v) is 4.39. The van der Waals surface area contributed by atoms with E-state index in [9.17, 15) is 4.79 Å². The molecule has 0 spiro atoms. The number of fused-ring (bicyclic) bond motifs is 2. The number of para-hydroxylation sites is 1. The number of nitrogens with zero attached hydrogens (tertiary/aromatic N) is 3. The van der Waals surface area contributed by atoms with Gasteiger partial charge in [0, 0.05) is 31.5 Å². The van der Waals surface area contributed by atoms with Crippen molar-refractivity contribution < 1.29 is 4.79 Å². The topological polar surface area (TPSA) is 36.4 Å². The average Bonchev–Trinajstić information content (AvgIpc) is 3.05. The van der Waals surface area contributed by atoms with Crippen LogP contribution in [0.5, 0.6) is 0 Å². The predicted octanol–water partition coefficient (Wildman–Crippen LogP) is 4.24. The SMILES string of the molecule is O=C(c1cccnc1N1CCCc2ccccc2C1)N1CCc2ccccc21. The Bertz CT molecular complexity index is 1030. The highest BCUT2D eigenvalue weighted by molar-refractivity contribution is 6.10. The van der Waals surface area contributed by atoms with Gasteiger partial charge in [-0.2, -0.15) is 0 Å². The van der Waals surface area contributed by atoms with Gasteiger partial charge in [0.1, 0.15) is 5.82 Å². The van der Waals surface area contributed by atoms with E-state index in [-0.39, 0.29) is 5.91 Å². The van der Waals surface area contributed by atoms with Crippen molar-refractivity contribution in [3.63, 3.8) is 0 Å². The summed E-state index contributed by atoms with van der Waals surface area (Å²) in [5.74, 6) is 0.846. The number of carbonyl (C=O) groups is 1. The van der Waals surface area contributed by atoms with Crippen LogP contribution in [0.2, 0.25) is 0 Å². The van der Waals surface area contributed by atoms with Gasteiger partial charge in [-0.3, -0.25) is 4.79 Å². The molecule has 2 aromatic carbocycles. The molecule has 0 atom stereocenters. The monoisotopic (exact) mass is 369 g/mol. The van der Waals surface area contributed by atoms with Crippen LogP contribution in [0.1, 0.15) is 33.5 Å². The number of aryl methyl sites for hydroxylation is 1. The summed E-state index contributed by atoms with van der Waals surface area (Å²) in [6.45, 7) is 2.43. The molecule has 2 aliphatic heterocycles. The Hall–Kier alpha value is -3.14. The molecule has 140 valence electrons. The van der Waals surface area contributed by atoms with E-state index in [1.54, 1.807) is 6.20 Å². The minimum absolute atomic E-state index is 0.0468. The molecule has 0 radical (unpaired) electrons. The first-order valence-electron chi connectivity index (χ1n) is 9.98. The molecule has 5 rings (SSSR count). The van der Waals surface area contributed by atoms with Crippen LogP contribution >= 0.6 is 0 Å². The molecular formula is C24H23N3O. The van der Waals surface area contributed by atoms with E-state index in [4.69, 9.17) is 0 Å². The number of amides is 1. The van der Waals surface area contributed by atoms with E-state index in [0.29, 0.717) is 5.56 Å². The highest BCUT2D eigenvalue weighted by Gasteiger charge is 2.28. The standard InChI is InChI=1S/C24H23N3O/c28-24(27-16-13-19-8-3-4-12-22(19)27)21-11-5-14-25-23(21)26-15-6-10-18-7-1-2-9-20(18)17-26/h1-5,7-9,11-12,14H,6,10,13,15-17H2. The molecular weight excluding hydrogens is 346 g/mol. The lowest BCUT2D eigenvalue weighted by Gasteiger charge is -2.26. The van der Waals surface area contributed by atoms with Gasteiger partial charge < -0.3 is 9.80 Å². The molecule has 1 amide bonds. The molecule has 0 fully saturated rings. The van der Waals surface area contributed by atoms with Crippen molar-refractivity contribution >= 4 is 17.4 Å². The van der Waals surface area contributed by atoms with Crippen molar-refractivity contribution in [3.8, 4) is 0 Å². The van der Waals surface area contributed by atoms with Crippen LogP contribution in [-0.4, -0.2) is 24.0 Å². The normalized spacial score (nSPS) is 15.7. The van der Waals surface area contributed by atoms with Gasteiger partial charge in [0.15, 0.2) is 0 Å². The molecule has 3 aromatic rings. The second-order valence-electron chi connectivity index (χ2n) is 7.50. The molecule has 0 N–H and O–H groups in total. The van der Waals surface area contributed by atoms with Crippen molar-refractivity contribution in [2.75, 3.05) is 22.9 Å². The molecule has 0 aliphatic carbocycles.